The summed E-state index contributed by atoms with van der Waals surface area (Å²) < 4.78 is 1.04. The van der Waals surface area contributed by atoms with Crippen molar-refractivity contribution in [3.8, 4) is 5.75 Å². The van der Waals surface area contributed by atoms with Crippen molar-refractivity contribution in [1.82, 2.24) is 0 Å². The Balaban J connectivity index is 2.27. The number of phenolic OH excluding ortho intramolecular Hbond substituents is 1. The summed E-state index contributed by atoms with van der Waals surface area (Å²) in [5, 5.41) is 10.1. The van der Waals surface area contributed by atoms with Gasteiger partial charge >= 0.3 is 0 Å². The van der Waals surface area contributed by atoms with Gasteiger partial charge in [0.2, 0.25) is 0 Å². The van der Waals surface area contributed by atoms with Gasteiger partial charge in [-0.05, 0) is 60.3 Å². The lowest BCUT2D eigenvalue weighted by atomic mass is 9.62. The monoisotopic (exact) mass is 388 g/mol. The summed E-state index contributed by atoms with van der Waals surface area (Å²) in [6, 6.07) is 5.73. The van der Waals surface area contributed by atoms with E-state index in [1.54, 1.807) is 6.07 Å². The van der Waals surface area contributed by atoms with Crippen LogP contribution in [0.15, 0.2) is 22.7 Å². The highest BCUT2D eigenvalue weighted by Crippen LogP contribution is 2.49. The number of rotatable bonds is 2. The predicted octanol–water partition coefficient (Wildman–Crippen LogP) is 5.53. The first kappa shape index (κ1) is 15.4. The average molecular weight is 390 g/mol. The predicted molar refractivity (Wildman–Crippen MR) is 87.9 cm³/mol. The molecular formula is C16H22Br2O. The Morgan fingerprint density at radius 3 is 2.68 bits per heavy atom. The van der Waals surface area contributed by atoms with E-state index in [1.165, 1.54) is 12.8 Å². The molecule has 3 atom stereocenters. The normalized spacial score (nSPS) is 30.3. The Hall–Kier alpha value is -0.0200. The summed E-state index contributed by atoms with van der Waals surface area (Å²) in [5.41, 5.74) is 1.31. The Bertz CT molecular complexity index is 456. The minimum Gasteiger partial charge on any atom is -0.508 e. The van der Waals surface area contributed by atoms with Gasteiger partial charge in [-0.3, -0.25) is 0 Å². The van der Waals surface area contributed by atoms with Gasteiger partial charge in [0.1, 0.15) is 5.75 Å². The molecule has 1 saturated carbocycles. The van der Waals surface area contributed by atoms with Crippen molar-refractivity contribution in [1.29, 1.82) is 0 Å². The van der Waals surface area contributed by atoms with Crippen molar-refractivity contribution in [2.24, 2.45) is 17.3 Å². The van der Waals surface area contributed by atoms with Crippen molar-refractivity contribution in [2.75, 3.05) is 0 Å². The van der Waals surface area contributed by atoms with E-state index >= 15 is 0 Å². The van der Waals surface area contributed by atoms with Crippen LogP contribution in [0.5, 0.6) is 5.75 Å². The van der Waals surface area contributed by atoms with Crippen molar-refractivity contribution in [3.05, 3.63) is 28.2 Å². The lowest BCUT2D eigenvalue weighted by molar-refractivity contribution is 0.0937. The van der Waals surface area contributed by atoms with E-state index in [9.17, 15) is 5.11 Å². The summed E-state index contributed by atoms with van der Waals surface area (Å²) in [4.78, 5) is 0.565. The number of benzene rings is 1. The van der Waals surface area contributed by atoms with Gasteiger partial charge in [0.05, 0.1) is 0 Å². The van der Waals surface area contributed by atoms with E-state index in [1.807, 2.05) is 6.07 Å². The Labute approximate surface area is 133 Å². The molecule has 0 spiro atoms. The maximum atomic E-state index is 10.1. The van der Waals surface area contributed by atoms with Crippen molar-refractivity contribution in [3.63, 3.8) is 0 Å². The average Bonchev–Trinajstić information content (AvgIpc) is 2.34. The SMILES string of the molecule is CC1CC[C@@H](Br)C(C)(C)[C@H]1Cc1cc(Br)ccc1O. The molecule has 1 aromatic rings. The fourth-order valence-electron chi connectivity index (χ4n) is 3.37. The molecule has 1 nitrogen and oxygen atoms in total. The minimum atomic E-state index is 0.256. The molecule has 19 heavy (non-hydrogen) atoms. The zero-order valence-corrected chi connectivity index (χ0v) is 15.0. The zero-order chi connectivity index (χ0) is 14.2. The quantitative estimate of drug-likeness (QED) is 0.659. The second-order valence-electron chi connectivity index (χ2n) is 6.43. The molecule has 2 rings (SSSR count). The van der Waals surface area contributed by atoms with Gasteiger partial charge in [-0.25, -0.2) is 0 Å². The number of halogens is 2. The second kappa shape index (κ2) is 5.77. The Morgan fingerprint density at radius 2 is 2.00 bits per heavy atom. The van der Waals surface area contributed by atoms with Crippen LogP contribution >= 0.6 is 31.9 Å². The van der Waals surface area contributed by atoms with E-state index in [0.717, 1.165) is 16.5 Å². The molecule has 0 aromatic heterocycles. The van der Waals surface area contributed by atoms with Gasteiger partial charge in [0.15, 0.2) is 0 Å². The maximum absolute atomic E-state index is 10.1. The first-order chi connectivity index (χ1) is 8.82. The van der Waals surface area contributed by atoms with E-state index in [-0.39, 0.29) is 5.41 Å². The van der Waals surface area contributed by atoms with E-state index in [2.05, 4.69) is 58.7 Å². The van der Waals surface area contributed by atoms with Crippen LogP contribution in [0.1, 0.15) is 39.2 Å². The van der Waals surface area contributed by atoms with Gasteiger partial charge in [-0.15, -0.1) is 0 Å². The highest BCUT2D eigenvalue weighted by molar-refractivity contribution is 9.10. The topological polar surface area (TPSA) is 20.2 Å². The number of aromatic hydroxyl groups is 1. The molecule has 1 aromatic carbocycles. The molecule has 0 heterocycles. The number of phenols is 1. The summed E-state index contributed by atoms with van der Waals surface area (Å²) in [6.07, 6.45) is 3.45. The molecule has 106 valence electrons. The molecule has 1 aliphatic carbocycles. The minimum absolute atomic E-state index is 0.256. The van der Waals surface area contributed by atoms with Crippen LogP contribution in [0.25, 0.3) is 0 Å². The molecule has 1 unspecified atom stereocenters. The molecule has 0 bridgehead atoms. The van der Waals surface area contributed by atoms with Crippen LogP contribution in [0.4, 0.5) is 0 Å². The third-order valence-electron chi connectivity index (χ3n) is 4.81. The number of hydrogen-bond donors (Lipinski definition) is 1. The molecule has 0 amide bonds. The standard InChI is InChI=1S/C16H22Br2O/c1-10-4-7-15(18)16(2,3)13(10)9-11-8-12(17)5-6-14(11)19/h5-6,8,10,13,15,19H,4,7,9H2,1-3H3/t10?,13-,15+/m0/s1. The molecule has 0 aliphatic heterocycles. The second-order valence-corrected chi connectivity index (χ2v) is 8.45. The lowest BCUT2D eigenvalue weighted by Crippen LogP contribution is -2.42. The van der Waals surface area contributed by atoms with Gasteiger partial charge in [0.25, 0.3) is 0 Å². The van der Waals surface area contributed by atoms with E-state index in [0.29, 0.717) is 22.4 Å². The lowest BCUT2D eigenvalue weighted by Gasteiger charge is -2.46. The summed E-state index contributed by atoms with van der Waals surface area (Å²) in [7, 11) is 0. The fraction of sp³-hybridized carbons (Fsp3) is 0.625. The molecule has 0 saturated heterocycles. The summed E-state index contributed by atoms with van der Waals surface area (Å²) in [5.74, 6) is 1.70. The highest BCUT2D eigenvalue weighted by Gasteiger charge is 2.42. The maximum Gasteiger partial charge on any atom is 0.118 e. The van der Waals surface area contributed by atoms with Crippen LogP contribution < -0.4 is 0 Å². The van der Waals surface area contributed by atoms with Gasteiger partial charge in [-0.1, -0.05) is 52.6 Å². The Kier molecular flexibility index (Phi) is 4.67. The molecular weight excluding hydrogens is 368 g/mol. The smallest absolute Gasteiger partial charge is 0.118 e. The largest absolute Gasteiger partial charge is 0.508 e. The number of hydrogen-bond acceptors (Lipinski definition) is 1. The van der Waals surface area contributed by atoms with Gasteiger partial charge in [-0.2, -0.15) is 0 Å². The molecule has 1 aliphatic rings. The molecule has 1 fully saturated rings. The fourth-order valence-corrected chi connectivity index (χ4v) is 4.38. The van der Waals surface area contributed by atoms with Crippen LogP contribution in [0, 0.1) is 17.3 Å². The first-order valence-electron chi connectivity index (χ1n) is 6.94. The summed E-state index contributed by atoms with van der Waals surface area (Å²) in [6.45, 7) is 7.05. The Morgan fingerprint density at radius 1 is 1.32 bits per heavy atom. The molecule has 0 radical (unpaired) electrons. The summed E-state index contributed by atoms with van der Waals surface area (Å²) >= 11 is 7.35. The van der Waals surface area contributed by atoms with Crippen LogP contribution in [-0.4, -0.2) is 9.93 Å². The van der Waals surface area contributed by atoms with Crippen LogP contribution in [-0.2, 0) is 6.42 Å². The highest BCUT2D eigenvalue weighted by atomic mass is 79.9. The van der Waals surface area contributed by atoms with Gasteiger partial charge < -0.3 is 5.11 Å². The van der Waals surface area contributed by atoms with Crippen molar-refractivity contribution in [2.45, 2.75) is 44.9 Å². The van der Waals surface area contributed by atoms with Gasteiger partial charge in [0, 0.05) is 9.30 Å². The molecule has 1 N–H and O–H groups in total. The van der Waals surface area contributed by atoms with Crippen molar-refractivity contribution >= 4 is 31.9 Å². The van der Waals surface area contributed by atoms with Crippen LogP contribution in [0.3, 0.4) is 0 Å². The third kappa shape index (κ3) is 3.18. The first-order valence-corrected chi connectivity index (χ1v) is 8.64. The van der Waals surface area contributed by atoms with E-state index in [4.69, 9.17) is 0 Å². The van der Waals surface area contributed by atoms with Crippen molar-refractivity contribution < 1.29 is 5.11 Å². The third-order valence-corrected chi connectivity index (χ3v) is 6.94. The number of alkyl halides is 1. The molecule has 3 heteroatoms. The van der Waals surface area contributed by atoms with Crippen LogP contribution in [0.2, 0.25) is 0 Å². The zero-order valence-electron chi connectivity index (χ0n) is 11.8. The van der Waals surface area contributed by atoms with E-state index < -0.39 is 0 Å².